The van der Waals surface area contributed by atoms with Crippen LogP contribution in [0.25, 0.3) is 11.1 Å². The summed E-state index contributed by atoms with van der Waals surface area (Å²) < 4.78 is 1.88. The summed E-state index contributed by atoms with van der Waals surface area (Å²) in [6, 6.07) is 18.0. The van der Waals surface area contributed by atoms with Crippen molar-refractivity contribution >= 4 is 34.9 Å². The van der Waals surface area contributed by atoms with Crippen LogP contribution >= 0.6 is 11.6 Å². The monoisotopic (exact) mass is 476 g/mol. The molecule has 2 aromatic carbocycles. The minimum atomic E-state index is -0.148. The van der Waals surface area contributed by atoms with Gasteiger partial charge in [-0.3, -0.25) is 9.59 Å². The SMILES string of the molecule is CC(=O)Nc1ccc(-c2ccc(=O)n3c2[C@H]2C[C@@H](CN(C(=O)Nc4ccc(Cl)cc4)C2)C3)cc1. The number of nitrogens with one attached hydrogen (secondary N) is 2. The van der Waals surface area contributed by atoms with Crippen LogP contribution in [0.2, 0.25) is 5.02 Å². The maximum absolute atomic E-state index is 13.0. The molecule has 0 saturated carbocycles. The van der Waals surface area contributed by atoms with Crippen molar-refractivity contribution in [3.63, 3.8) is 0 Å². The molecule has 3 amide bonds. The molecule has 1 saturated heterocycles. The standard InChI is InChI=1S/C26H25ClN4O3/c1-16(32)28-21-6-2-18(3-7-21)23-10-11-24(33)31-14-17-12-19(25(23)31)15-30(13-17)26(34)29-22-8-4-20(27)5-9-22/h2-11,17,19H,12-15H2,1H3,(H,28,32)(H,29,34)/t17-,19-/m0/s1. The Morgan fingerprint density at radius 2 is 1.56 bits per heavy atom. The van der Waals surface area contributed by atoms with Gasteiger partial charge in [0.1, 0.15) is 0 Å². The lowest BCUT2D eigenvalue weighted by atomic mass is 9.80. The maximum Gasteiger partial charge on any atom is 0.321 e. The smallest absolute Gasteiger partial charge is 0.321 e. The number of hydrogen-bond acceptors (Lipinski definition) is 3. The summed E-state index contributed by atoms with van der Waals surface area (Å²) in [6.07, 6.45) is 0.936. The Balaban J connectivity index is 1.43. The molecule has 3 aromatic rings. The van der Waals surface area contributed by atoms with Gasteiger partial charge in [0.15, 0.2) is 0 Å². The molecule has 0 spiro atoms. The lowest BCUT2D eigenvalue weighted by molar-refractivity contribution is -0.114. The average molecular weight is 477 g/mol. The number of anilines is 2. The second kappa shape index (κ2) is 8.99. The number of urea groups is 1. The van der Waals surface area contributed by atoms with Gasteiger partial charge in [0.25, 0.3) is 5.56 Å². The zero-order chi connectivity index (χ0) is 23.8. The van der Waals surface area contributed by atoms with E-state index in [4.69, 9.17) is 11.6 Å². The first-order valence-corrected chi connectivity index (χ1v) is 11.7. The number of carbonyl (C=O) groups excluding carboxylic acids is 2. The van der Waals surface area contributed by atoms with Gasteiger partial charge >= 0.3 is 6.03 Å². The summed E-state index contributed by atoms with van der Waals surface area (Å²) in [7, 11) is 0. The summed E-state index contributed by atoms with van der Waals surface area (Å²) in [6.45, 7) is 3.21. The van der Waals surface area contributed by atoms with Crippen LogP contribution in [0.1, 0.15) is 25.0 Å². The molecule has 2 atom stereocenters. The highest BCUT2D eigenvalue weighted by atomic mass is 35.5. The van der Waals surface area contributed by atoms with E-state index in [1.54, 1.807) is 30.3 Å². The highest BCUT2D eigenvalue weighted by molar-refractivity contribution is 6.30. The molecule has 1 aromatic heterocycles. The Morgan fingerprint density at radius 1 is 0.882 bits per heavy atom. The van der Waals surface area contributed by atoms with Crippen LogP contribution in [0, 0.1) is 5.92 Å². The number of fused-ring (bicyclic) bond motifs is 4. The first kappa shape index (κ1) is 22.2. The largest absolute Gasteiger partial charge is 0.326 e. The normalized spacial score (nSPS) is 18.7. The van der Waals surface area contributed by atoms with E-state index in [-0.39, 0.29) is 29.3 Å². The van der Waals surface area contributed by atoms with Crippen LogP contribution in [0.4, 0.5) is 16.2 Å². The third-order valence-corrected chi connectivity index (χ3v) is 6.74. The summed E-state index contributed by atoms with van der Waals surface area (Å²) in [5.74, 6) is 0.154. The van der Waals surface area contributed by atoms with Crippen LogP contribution in [0.5, 0.6) is 0 Å². The number of pyridine rings is 1. The molecule has 1 fully saturated rings. The van der Waals surface area contributed by atoms with Crippen molar-refractivity contribution in [2.75, 3.05) is 23.7 Å². The molecule has 2 aliphatic rings. The topological polar surface area (TPSA) is 83.4 Å². The van der Waals surface area contributed by atoms with Crippen molar-refractivity contribution in [2.24, 2.45) is 5.92 Å². The average Bonchev–Trinajstić information content (AvgIpc) is 2.81. The molecule has 2 bridgehead atoms. The van der Waals surface area contributed by atoms with Gasteiger partial charge in [-0.1, -0.05) is 23.7 Å². The van der Waals surface area contributed by atoms with Gasteiger partial charge in [0.05, 0.1) is 0 Å². The van der Waals surface area contributed by atoms with Gasteiger partial charge in [-0.25, -0.2) is 4.79 Å². The fourth-order valence-corrected chi connectivity index (χ4v) is 5.22. The zero-order valence-corrected chi connectivity index (χ0v) is 19.5. The summed E-state index contributed by atoms with van der Waals surface area (Å²) in [5, 5.41) is 6.35. The second-order valence-corrected chi connectivity index (χ2v) is 9.42. The summed E-state index contributed by atoms with van der Waals surface area (Å²) >= 11 is 5.95. The molecule has 7 nitrogen and oxygen atoms in total. The quantitative estimate of drug-likeness (QED) is 0.570. The zero-order valence-electron chi connectivity index (χ0n) is 18.8. The minimum absolute atomic E-state index is 0.0117. The van der Waals surface area contributed by atoms with Crippen LogP contribution < -0.4 is 16.2 Å². The Labute approximate surface area is 202 Å². The van der Waals surface area contributed by atoms with Crippen LogP contribution in [0.3, 0.4) is 0 Å². The van der Waals surface area contributed by atoms with Crippen molar-refractivity contribution < 1.29 is 9.59 Å². The molecule has 2 aliphatic heterocycles. The van der Waals surface area contributed by atoms with Gasteiger partial charge in [0, 0.05) is 66.2 Å². The summed E-state index contributed by atoms with van der Waals surface area (Å²) in [5.41, 5.74) is 4.33. The number of piperidine rings is 1. The number of carbonyl (C=O) groups is 2. The van der Waals surface area contributed by atoms with Crippen LogP contribution in [-0.4, -0.2) is 34.5 Å². The van der Waals surface area contributed by atoms with E-state index in [9.17, 15) is 14.4 Å². The fourth-order valence-electron chi connectivity index (χ4n) is 5.10. The number of likely N-dealkylation sites (tertiary alicyclic amines) is 1. The Morgan fingerprint density at radius 3 is 2.26 bits per heavy atom. The van der Waals surface area contributed by atoms with Gasteiger partial charge in [-0.2, -0.15) is 0 Å². The van der Waals surface area contributed by atoms with E-state index >= 15 is 0 Å². The van der Waals surface area contributed by atoms with Gasteiger partial charge in [-0.05, 0) is 60.4 Å². The minimum Gasteiger partial charge on any atom is -0.326 e. The lowest BCUT2D eigenvalue weighted by Gasteiger charge is -2.43. The van der Waals surface area contributed by atoms with E-state index in [2.05, 4.69) is 10.6 Å². The Kier molecular flexibility index (Phi) is 5.87. The molecule has 5 rings (SSSR count). The third-order valence-electron chi connectivity index (χ3n) is 6.49. The fraction of sp³-hybridized carbons (Fsp3) is 0.269. The molecule has 0 radical (unpaired) electrons. The van der Waals surface area contributed by atoms with Gasteiger partial charge in [-0.15, -0.1) is 0 Å². The number of nitrogens with zero attached hydrogens (tertiary/aromatic N) is 2. The van der Waals surface area contributed by atoms with Crippen molar-refractivity contribution in [3.05, 3.63) is 81.7 Å². The highest BCUT2D eigenvalue weighted by Gasteiger charge is 2.37. The van der Waals surface area contributed by atoms with E-state index in [0.717, 1.165) is 28.9 Å². The molecular formula is C26H25ClN4O3. The Bertz CT molecular complexity index is 1300. The van der Waals surface area contributed by atoms with E-state index in [1.807, 2.05) is 39.8 Å². The van der Waals surface area contributed by atoms with Crippen molar-refractivity contribution in [1.82, 2.24) is 9.47 Å². The third kappa shape index (κ3) is 4.43. The number of halogens is 1. The molecule has 34 heavy (non-hydrogen) atoms. The van der Waals surface area contributed by atoms with Crippen molar-refractivity contribution in [2.45, 2.75) is 25.8 Å². The molecule has 2 N–H and O–H groups in total. The Hall–Kier alpha value is -3.58. The first-order valence-electron chi connectivity index (χ1n) is 11.3. The number of aromatic nitrogens is 1. The van der Waals surface area contributed by atoms with E-state index in [1.165, 1.54) is 6.92 Å². The second-order valence-electron chi connectivity index (χ2n) is 8.98. The van der Waals surface area contributed by atoms with E-state index < -0.39 is 0 Å². The highest BCUT2D eigenvalue weighted by Crippen LogP contribution is 2.40. The predicted molar refractivity (Wildman–Crippen MR) is 133 cm³/mol. The number of amides is 3. The van der Waals surface area contributed by atoms with Gasteiger partial charge < -0.3 is 20.1 Å². The number of benzene rings is 2. The van der Waals surface area contributed by atoms with Gasteiger partial charge in [0.2, 0.25) is 5.91 Å². The predicted octanol–water partition coefficient (Wildman–Crippen LogP) is 4.78. The lowest BCUT2D eigenvalue weighted by Crippen LogP contribution is -2.50. The van der Waals surface area contributed by atoms with Crippen LogP contribution in [-0.2, 0) is 11.3 Å². The molecule has 8 heteroatoms. The molecule has 0 unspecified atom stereocenters. The van der Waals surface area contributed by atoms with Crippen molar-refractivity contribution in [1.29, 1.82) is 0 Å². The molecular weight excluding hydrogens is 452 g/mol. The van der Waals surface area contributed by atoms with Crippen molar-refractivity contribution in [3.8, 4) is 11.1 Å². The maximum atomic E-state index is 13.0. The molecule has 0 aliphatic carbocycles. The number of hydrogen-bond donors (Lipinski definition) is 2. The summed E-state index contributed by atoms with van der Waals surface area (Å²) in [4.78, 5) is 39.0. The molecule has 174 valence electrons. The first-order chi connectivity index (χ1) is 16.4. The molecule has 3 heterocycles. The van der Waals surface area contributed by atoms with E-state index in [0.29, 0.717) is 30.3 Å². The number of rotatable bonds is 3. The van der Waals surface area contributed by atoms with Crippen LogP contribution in [0.15, 0.2) is 65.5 Å².